The van der Waals surface area contributed by atoms with Crippen molar-refractivity contribution in [2.75, 3.05) is 31.3 Å². The molecule has 1 amide bonds. The largest absolute Gasteiger partial charge is 0.449 e. The number of hydrogen-bond acceptors (Lipinski definition) is 6. The maximum atomic E-state index is 12.5. The zero-order chi connectivity index (χ0) is 19.0. The molecule has 7 heteroatoms. The van der Waals surface area contributed by atoms with Crippen molar-refractivity contribution in [1.82, 2.24) is 5.06 Å². The Labute approximate surface area is 162 Å². The van der Waals surface area contributed by atoms with Crippen LogP contribution in [0, 0.1) is 12.8 Å². The van der Waals surface area contributed by atoms with Gasteiger partial charge in [0, 0.05) is 22.9 Å². The number of benzene rings is 1. The molecule has 3 atom stereocenters. The lowest BCUT2D eigenvalue weighted by molar-refractivity contribution is -0.174. The van der Waals surface area contributed by atoms with Gasteiger partial charge in [0.1, 0.15) is 5.00 Å². The Morgan fingerprint density at radius 3 is 2.89 bits per heavy atom. The van der Waals surface area contributed by atoms with Gasteiger partial charge < -0.3 is 9.84 Å². The Kier molecular flexibility index (Phi) is 5.19. The Hall–Kier alpha value is -1.93. The Morgan fingerprint density at radius 1 is 1.41 bits per heavy atom. The van der Waals surface area contributed by atoms with Gasteiger partial charge in [-0.05, 0) is 25.5 Å². The summed E-state index contributed by atoms with van der Waals surface area (Å²) in [6.45, 7) is 5.25. The lowest BCUT2D eigenvalue weighted by atomic mass is 9.90. The van der Waals surface area contributed by atoms with E-state index in [2.05, 4.69) is 6.07 Å². The van der Waals surface area contributed by atoms with Gasteiger partial charge >= 0.3 is 6.09 Å². The minimum absolute atomic E-state index is 0.00739. The van der Waals surface area contributed by atoms with E-state index < -0.39 is 0 Å². The molecule has 0 bridgehead atoms. The highest BCUT2D eigenvalue weighted by Gasteiger charge is 2.48. The second-order valence-electron chi connectivity index (χ2n) is 6.90. The molecule has 6 nitrogen and oxygen atoms in total. The van der Waals surface area contributed by atoms with Crippen LogP contribution in [0.5, 0.6) is 0 Å². The molecule has 1 fully saturated rings. The zero-order valence-corrected chi connectivity index (χ0v) is 16.3. The summed E-state index contributed by atoms with van der Waals surface area (Å²) in [7, 11) is 0. The number of aryl methyl sites for hydroxylation is 1. The monoisotopic (exact) mass is 388 g/mol. The molecule has 1 aromatic carbocycles. The number of rotatable bonds is 4. The fraction of sp³-hybridized carbons (Fsp3) is 0.450. The number of hydroxylamine groups is 2. The van der Waals surface area contributed by atoms with Crippen molar-refractivity contribution in [2.24, 2.45) is 5.92 Å². The number of anilines is 1. The number of fused-ring (bicyclic) bond motifs is 3. The predicted octanol–water partition coefficient (Wildman–Crippen LogP) is 3.67. The van der Waals surface area contributed by atoms with Crippen molar-refractivity contribution in [2.45, 2.75) is 25.9 Å². The number of aliphatic hydroxyl groups is 1. The van der Waals surface area contributed by atoms with E-state index in [0.29, 0.717) is 19.8 Å². The fourth-order valence-electron chi connectivity index (χ4n) is 4.02. The number of aliphatic hydroxyl groups excluding tert-OH is 1. The molecule has 0 spiro atoms. The summed E-state index contributed by atoms with van der Waals surface area (Å²) in [5.74, 6) is 0.133. The van der Waals surface area contributed by atoms with Crippen molar-refractivity contribution < 1.29 is 19.5 Å². The van der Waals surface area contributed by atoms with Gasteiger partial charge in [-0.2, -0.15) is 5.06 Å². The molecular formula is C20H24N2O4S. The van der Waals surface area contributed by atoms with Gasteiger partial charge in [-0.1, -0.05) is 30.3 Å². The van der Waals surface area contributed by atoms with E-state index in [0.717, 1.165) is 21.0 Å². The third-order valence-electron chi connectivity index (χ3n) is 5.16. The number of amides is 1. The van der Waals surface area contributed by atoms with Crippen LogP contribution in [-0.2, 0) is 9.57 Å². The Bertz CT molecular complexity index is 810. The number of hydrogen-bond donors (Lipinski definition) is 1. The molecule has 0 unspecified atom stereocenters. The lowest BCUT2D eigenvalue weighted by Gasteiger charge is -2.37. The van der Waals surface area contributed by atoms with Crippen LogP contribution >= 0.6 is 11.3 Å². The van der Waals surface area contributed by atoms with Crippen LogP contribution in [0.2, 0.25) is 0 Å². The number of thiophene rings is 1. The van der Waals surface area contributed by atoms with E-state index in [-0.39, 0.29) is 30.7 Å². The molecule has 0 aliphatic carbocycles. The Balaban J connectivity index is 1.70. The summed E-state index contributed by atoms with van der Waals surface area (Å²) in [6, 6.07) is 11.8. The van der Waals surface area contributed by atoms with Crippen LogP contribution in [0.4, 0.5) is 9.80 Å². The van der Waals surface area contributed by atoms with Gasteiger partial charge in [0.2, 0.25) is 0 Å². The smallest absolute Gasteiger partial charge is 0.414 e. The number of carbonyl (C=O) groups excluding carboxylic acids is 1. The average molecular weight is 388 g/mol. The van der Waals surface area contributed by atoms with Gasteiger partial charge in [-0.25, -0.2) is 4.79 Å². The van der Waals surface area contributed by atoms with E-state index >= 15 is 0 Å². The third-order valence-corrected chi connectivity index (χ3v) is 6.24. The standard InChI is InChI=1S/C20H24N2O4S/c1-3-25-20(24)21-10-15-12-26-22(17(11-23)14-7-5-4-6-8-14)18(15)16-9-13(2)27-19(16)21/h4-9,15,17-18,23H,3,10-12H2,1-2H3/t15-,17-,18+/m0/s1. The summed E-state index contributed by atoms with van der Waals surface area (Å²) in [5.41, 5.74) is 2.09. The van der Waals surface area contributed by atoms with Crippen LogP contribution < -0.4 is 4.90 Å². The molecule has 1 N–H and O–H groups in total. The first-order valence-corrected chi connectivity index (χ1v) is 10.1. The SMILES string of the molecule is CCOC(=O)N1C[C@H]2CON([C@@H](CO)c3ccccc3)[C@H]2c2cc(C)sc21. The van der Waals surface area contributed by atoms with Crippen LogP contribution in [0.15, 0.2) is 36.4 Å². The summed E-state index contributed by atoms with van der Waals surface area (Å²) in [5, 5.41) is 12.9. The molecule has 1 aromatic heterocycles. The van der Waals surface area contributed by atoms with Crippen LogP contribution in [0.25, 0.3) is 0 Å². The highest BCUT2D eigenvalue weighted by Crippen LogP contribution is 2.50. The molecule has 0 radical (unpaired) electrons. The molecule has 27 heavy (non-hydrogen) atoms. The maximum absolute atomic E-state index is 12.5. The van der Waals surface area contributed by atoms with Crippen molar-refractivity contribution in [3.05, 3.63) is 52.4 Å². The van der Waals surface area contributed by atoms with Crippen LogP contribution in [-0.4, -0.2) is 42.6 Å². The molecule has 144 valence electrons. The fourth-order valence-corrected chi connectivity index (χ4v) is 5.06. The van der Waals surface area contributed by atoms with Crippen LogP contribution in [0.1, 0.15) is 35.0 Å². The van der Waals surface area contributed by atoms with Gasteiger partial charge in [-0.15, -0.1) is 11.3 Å². The summed E-state index contributed by atoms with van der Waals surface area (Å²) >= 11 is 1.60. The molecule has 2 aliphatic rings. The molecule has 4 rings (SSSR count). The molecular weight excluding hydrogens is 364 g/mol. The van der Waals surface area contributed by atoms with Crippen LogP contribution in [0.3, 0.4) is 0 Å². The first-order valence-electron chi connectivity index (χ1n) is 9.25. The molecule has 3 heterocycles. The summed E-state index contributed by atoms with van der Waals surface area (Å²) in [6.07, 6.45) is -0.306. The first-order chi connectivity index (χ1) is 13.1. The summed E-state index contributed by atoms with van der Waals surface area (Å²) < 4.78 is 5.26. The minimum Gasteiger partial charge on any atom is -0.449 e. The lowest BCUT2D eigenvalue weighted by Crippen LogP contribution is -2.43. The van der Waals surface area contributed by atoms with E-state index in [1.54, 1.807) is 16.2 Å². The van der Waals surface area contributed by atoms with E-state index in [1.165, 1.54) is 0 Å². The second kappa shape index (κ2) is 7.59. The van der Waals surface area contributed by atoms with Crippen molar-refractivity contribution in [3.63, 3.8) is 0 Å². The summed E-state index contributed by atoms with van der Waals surface area (Å²) in [4.78, 5) is 21.4. The number of ether oxygens (including phenoxy) is 1. The normalized spacial score (nSPS) is 23.0. The number of nitrogens with zero attached hydrogens (tertiary/aromatic N) is 2. The third kappa shape index (κ3) is 3.25. The zero-order valence-electron chi connectivity index (χ0n) is 15.5. The second-order valence-corrected chi connectivity index (χ2v) is 8.13. The van der Waals surface area contributed by atoms with Crippen molar-refractivity contribution in [1.29, 1.82) is 0 Å². The molecule has 0 saturated carbocycles. The van der Waals surface area contributed by atoms with E-state index in [4.69, 9.17) is 9.57 Å². The topological polar surface area (TPSA) is 62.2 Å². The molecule has 2 aliphatic heterocycles. The van der Waals surface area contributed by atoms with Crippen molar-refractivity contribution in [3.8, 4) is 0 Å². The quantitative estimate of drug-likeness (QED) is 0.866. The average Bonchev–Trinajstić information content (AvgIpc) is 3.26. The van der Waals surface area contributed by atoms with Crippen molar-refractivity contribution >= 4 is 22.4 Å². The van der Waals surface area contributed by atoms with Gasteiger partial charge in [-0.3, -0.25) is 9.74 Å². The van der Waals surface area contributed by atoms with E-state index in [9.17, 15) is 9.90 Å². The van der Waals surface area contributed by atoms with Gasteiger partial charge in [0.15, 0.2) is 0 Å². The molecule has 2 aromatic rings. The van der Waals surface area contributed by atoms with Gasteiger partial charge in [0.25, 0.3) is 0 Å². The Morgan fingerprint density at radius 2 is 2.19 bits per heavy atom. The van der Waals surface area contributed by atoms with E-state index in [1.807, 2.05) is 49.2 Å². The number of carbonyl (C=O) groups is 1. The minimum atomic E-state index is -0.306. The highest BCUT2D eigenvalue weighted by atomic mass is 32.1. The van der Waals surface area contributed by atoms with Gasteiger partial charge in [0.05, 0.1) is 31.9 Å². The highest BCUT2D eigenvalue weighted by molar-refractivity contribution is 7.16. The molecule has 1 saturated heterocycles. The maximum Gasteiger partial charge on any atom is 0.414 e. The predicted molar refractivity (Wildman–Crippen MR) is 104 cm³/mol. The first kappa shape index (κ1) is 18.4.